The standard InChI is InChI=1S/C23H30N2O.C19H23NO.C17H27N.C16H25NO.C16H25N.C13H19N/c1-18(2)22-5-3-4-20-17-24(11-10-23(20)22)16-19-6-8-21(9-7-19)25-12-14-26-15-13-25;1-14(2)18-6-4-5-16-12-20(13-19(16)18)11-15-7-9-17(21-3)10-8-15;1-13(2)15-8-6-7-14-9-10-18(11-16(14)15)12-17(3,4)5;1-11(2)13-9-7-8-12-10-17(18-6)15(14(12)13)16(3,4)5;1-12(2)14-8-6-7-13-9-17(10-15(13)14)11-16(3,4)5;1-9-12-10(8-14-9)6-5-7-11(12)13(2,3)4/h3-9,18H,10-17H2,1-2H3;4-10,14H,11-13H2,1-3H3;6-8,13H,9-12H2,1-5H3;7-9,11,15H,10H2,1-6H3;6-8,12H,9-11H2,1-5H3;5-7,9,14H,8H2,1-4H3. The number of nitrogens with one attached hydrogen (secondary N) is 1. The molecule has 1 fully saturated rings. The molecule has 15 rings (SSSR count). The molecule has 7 heterocycles. The van der Waals surface area contributed by atoms with Gasteiger partial charge in [-0.2, -0.15) is 5.06 Å². The third kappa shape index (κ3) is 23.9. The number of fused-ring (bicyclic) bond motifs is 6. The summed E-state index contributed by atoms with van der Waals surface area (Å²) in [6.07, 6.45) is 2.39. The Balaban J connectivity index is 0.000000146. The average Bonchev–Trinajstić information content (AvgIpc) is 1.59. The summed E-state index contributed by atoms with van der Waals surface area (Å²) in [5.41, 5.74) is 32.7. The molecular formula is C104H149N7O3. The van der Waals surface area contributed by atoms with Gasteiger partial charge in [0.15, 0.2) is 0 Å². The summed E-state index contributed by atoms with van der Waals surface area (Å²) in [5.74, 6) is 3.96. The van der Waals surface area contributed by atoms with E-state index in [2.05, 4.69) is 340 Å². The van der Waals surface area contributed by atoms with Crippen LogP contribution < -0.4 is 15.0 Å². The molecule has 1 saturated heterocycles. The molecule has 114 heavy (non-hydrogen) atoms. The van der Waals surface area contributed by atoms with Crippen molar-refractivity contribution in [2.24, 2.45) is 16.2 Å². The summed E-state index contributed by atoms with van der Waals surface area (Å²) < 4.78 is 10.7. The van der Waals surface area contributed by atoms with Crippen LogP contribution in [0, 0.1) is 16.2 Å². The molecule has 0 amide bonds. The van der Waals surface area contributed by atoms with Crippen molar-refractivity contribution in [3.63, 3.8) is 0 Å². The van der Waals surface area contributed by atoms with E-state index in [0.717, 1.165) is 104 Å². The van der Waals surface area contributed by atoms with E-state index in [4.69, 9.17) is 14.3 Å². The highest BCUT2D eigenvalue weighted by atomic mass is 16.7. The fourth-order valence-corrected chi connectivity index (χ4v) is 18.6. The van der Waals surface area contributed by atoms with Crippen LogP contribution in [0.5, 0.6) is 5.75 Å². The summed E-state index contributed by atoms with van der Waals surface area (Å²) in [7, 11) is 3.49. The van der Waals surface area contributed by atoms with Gasteiger partial charge in [-0.3, -0.25) is 19.6 Å². The molecule has 8 aromatic carbocycles. The number of rotatable bonds is 14. The fraction of sp³-hybridized carbons (Fsp3) is 0.538. The molecule has 2 unspecified atom stereocenters. The molecule has 0 radical (unpaired) electrons. The van der Waals surface area contributed by atoms with Crippen molar-refractivity contribution in [3.8, 4) is 5.75 Å². The molecular weight excluding hydrogens is 1400 g/mol. The monoisotopic (exact) mass is 1540 g/mol. The number of morpholine rings is 1. The molecule has 618 valence electrons. The molecule has 0 aliphatic carbocycles. The van der Waals surface area contributed by atoms with Gasteiger partial charge >= 0.3 is 0 Å². The molecule has 0 aromatic heterocycles. The van der Waals surface area contributed by atoms with Gasteiger partial charge in [-0.05, 0) is 207 Å². The lowest BCUT2D eigenvalue weighted by atomic mass is 9.79. The molecule has 0 saturated carbocycles. The van der Waals surface area contributed by atoms with Crippen LogP contribution in [0.4, 0.5) is 5.69 Å². The summed E-state index contributed by atoms with van der Waals surface area (Å²) >= 11 is 0. The summed E-state index contributed by atoms with van der Waals surface area (Å²) in [6.45, 7) is 71.8. The second-order valence-corrected chi connectivity index (χ2v) is 39.8. The summed E-state index contributed by atoms with van der Waals surface area (Å²) in [4.78, 5) is 18.3. The first-order valence-corrected chi connectivity index (χ1v) is 43.6. The van der Waals surface area contributed by atoms with Crippen molar-refractivity contribution in [1.29, 1.82) is 0 Å². The zero-order valence-corrected chi connectivity index (χ0v) is 75.6. The second kappa shape index (κ2) is 39.5. The lowest BCUT2D eigenvalue weighted by Gasteiger charge is -2.35. The molecule has 7 aliphatic rings. The molecule has 10 heteroatoms. The Morgan fingerprint density at radius 3 is 1.33 bits per heavy atom. The first-order chi connectivity index (χ1) is 54.0. The van der Waals surface area contributed by atoms with E-state index in [9.17, 15) is 0 Å². The Labute approximate surface area is 693 Å². The third-order valence-electron chi connectivity index (χ3n) is 23.9. The van der Waals surface area contributed by atoms with Crippen molar-refractivity contribution in [2.75, 3.05) is 71.6 Å². The zero-order chi connectivity index (χ0) is 82.6. The minimum atomic E-state index is 0.173. The minimum absolute atomic E-state index is 0.173. The van der Waals surface area contributed by atoms with Crippen LogP contribution in [0.25, 0.3) is 0 Å². The average molecular weight is 1550 g/mol. The van der Waals surface area contributed by atoms with Gasteiger partial charge in [0.05, 0.1) is 40.0 Å². The maximum Gasteiger partial charge on any atom is 0.118 e. The molecule has 8 aromatic rings. The van der Waals surface area contributed by atoms with Crippen molar-refractivity contribution in [2.45, 2.75) is 285 Å². The van der Waals surface area contributed by atoms with Gasteiger partial charge in [0.2, 0.25) is 0 Å². The van der Waals surface area contributed by atoms with E-state index >= 15 is 0 Å². The summed E-state index contributed by atoms with van der Waals surface area (Å²) in [6, 6.07) is 59.0. The SMILES string of the molecule is CC(C)c1cccc2c1CCN(Cc1ccc(N3CCOCC3)cc1)C2.CC(C)c1cccc2c1CN(CC(C)(C)C)C2.CC(C)c1cccc2c1CN(CC(C)(C)C)CC2.CC1NCc2cccc(C(C)(C)C)c21.CON1Cc2cccc(C(C)C)c2C1C(C)(C)C.COc1ccc(CN2Cc3cccc(C(C)C)c3C2)cc1. The maximum absolute atomic E-state index is 5.60. The van der Waals surface area contributed by atoms with Crippen molar-refractivity contribution >= 4 is 5.69 Å². The molecule has 10 nitrogen and oxygen atoms in total. The van der Waals surface area contributed by atoms with Crippen molar-refractivity contribution in [3.05, 3.63) is 269 Å². The lowest BCUT2D eigenvalue weighted by Crippen LogP contribution is -2.37. The number of hydroxylamine groups is 2. The van der Waals surface area contributed by atoms with Crippen LogP contribution in [-0.2, 0) is 93.3 Å². The highest BCUT2D eigenvalue weighted by Gasteiger charge is 2.41. The number of ether oxygens (including phenoxy) is 2. The molecule has 0 bridgehead atoms. The Kier molecular flexibility index (Phi) is 31.0. The van der Waals surface area contributed by atoms with Gasteiger partial charge in [-0.15, -0.1) is 0 Å². The number of hydrogen-bond donors (Lipinski definition) is 1. The summed E-state index contributed by atoms with van der Waals surface area (Å²) in [5, 5.41) is 5.62. The molecule has 7 aliphatic heterocycles. The predicted molar refractivity (Wildman–Crippen MR) is 483 cm³/mol. The van der Waals surface area contributed by atoms with Gasteiger partial charge < -0.3 is 24.5 Å². The van der Waals surface area contributed by atoms with Crippen LogP contribution in [0.3, 0.4) is 0 Å². The molecule has 2 atom stereocenters. The molecule has 1 N–H and O–H groups in total. The van der Waals surface area contributed by atoms with E-state index < -0.39 is 0 Å². The highest BCUT2D eigenvalue weighted by Crippen LogP contribution is 2.48. The van der Waals surface area contributed by atoms with Crippen LogP contribution >= 0.6 is 0 Å². The van der Waals surface area contributed by atoms with E-state index in [-0.39, 0.29) is 10.8 Å². The topological polar surface area (TPSA) is 59.2 Å². The van der Waals surface area contributed by atoms with Gasteiger partial charge in [0.25, 0.3) is 0 Å². The number of hydrogen-bond acceptors (Lipinski definition) is 10. The van der Waals surface area contributed by atoms with Crippen LogP contribution in [0.1, 0.15) is 312 Å². The lowest BCUT2D eigenvalue weighted by molar-refractivity contribution is -0.183. The normalized spacial score (nSPS) is 17.8. The van der Waals surface area contributed by atoms with Crippen LogP contribution in [0.15, 0.2) is 158 Å². The van der Waals surface area contributed by atoms with Crippen LogP contribution in [-0.4, -0.2) is 91.4 Å². The Bertz CT molecular complexity index is 4360. The smallest absolute Gasteiger partial charge is 0.118 e. The van der Waals surface area contributed by atoms with E-state index in [1.807, 2.05) is 12.1 Å². The number of methoxy groups -OCH3 is 1. The first-order valence-electron chi connectivity index (χ1n) is 43.6. The Hall–Kier alpha value is -6.96. The Morgan fingerprint density at radius 2 is 0.825 bits per heavy atom. The van der Waals surface area contributed by atoms with Gasteiger partial charge in [0, 0.05) is 110 Å². The van der Waals surface area contributed by atoms with Gasteiger partial charge in [-0.25, -0.2) is 0 Å². The van der Waals surface area contributed by atoms with E-state index in [1.54, 1.807) is 58.7 Å². The number of anilines is 1. The Morgan fingerprint density at radius 1 is 0.404 bits per heavy atom. The highest BCUT2D eigenvalue weighted by molar-refractivity contribution is 5.50. The minimum Gasteiger partial charge on any atom is -0.497 e. The third-order valence-corrected chi connectivity index (χ3v) is 23.9. The fourth-order valence-electron chi connectivity index (χ4n) is 18.6. The van der Waals surface area contributed by atoms with Crippen molar-refractivity contribution in [1.82, 2.24) is 30.0 Å². The largest absolute Gasteiger partial charge is 0.497 e. The van der Waals surface area contributed by atoms with Gasteiger partial charge in [0.1, 0.15) is 5.75 Å². The maximum atomic E-state index is 5.60. The number of nitrogens with zero attached hydrogens (tertiary/aromatic N) is 6. The van der Waals surface area contributed by atoms with E-state index in [0.29, 0.717) is 52.5 Å². The van der Waals surface area contributed by atoms with Crippen LogP contribution in [0.2, 0.25) is 0 Å². The second-order valence-electron chi connectivity index (χ2n) is 39.8. The quantitative estimate of drug-likeness (QED) is 0.114. The predicted octanol–water partition coefficient (Wildman–Crippen LogP) is 24.3. The first kappa shape index (κ1) is 89.4. The zero-order valence-electron chi connectivity index (χ0n) is 75.6. The van der Waals surface area contributed by atoms with Gasteiger partial charge in [-0.1, -0.05) is 286 Å². The number of benzene rings is 8. The van der Waals surface area contributed by atoms with E-state index in [1.165, 1.54) is 105 Å². The molecule has 0 spiro atoms. The van der Waals surface area contributed by atoms with Crippen molar-refractivity contribution < 1.29 is 14.3 Å².